The fourth-order valence-corrected chi connectivity index (χ4v) is 2.75. The van der Waals surface area contributed by atoms with E-state index in [9.17, 15) is 9.59 Å². The molecule has 0 heterocycles. The smallest absolute Gasteiger partial charge is 0.255 e. The summed E-state index contributed by atoms with van der Waals surface area (Å²) in [6.45, 7) is 2.37. The van der Waals surface area contributed by atoms with Crippen molar-refractivity contribution in [3.05, 3.63) is 83.9 Å². The first-order valence-corrected chi connectivity index (χ1v) is 9.19. The highest BCUT2D eigenvalue weighted by Crippen LogP contribution is 2.24. The Balaban J connectivity index is 1.75. The fraction of sp³-hybridized carbons (Fsp3) is 0.130. The lowest BCUT2D eigenvalue weighted by molar-refractivity contribution is 0.102. The number of hydrogen-bond donors (Lipinski definition) is 2. The second-order valence-corrected chi connectivity index (χ2v) is 6.15. The number of benzene rings is 3. The van der Waals surface area contributed by atoms with Crippen LogP contribution in [0.5, 0.6) is 11.5 Å². The Hall–Kier alpha value is -3.80. The van der Waals surface area contributed by atoms with Crippen LogP contribution in [0.25, 0.3) is 0 Å². The van der Waals surface area contributed by atoms with Gasteiger partial charge in [-0.05, 0) is 49.4 Å². The van der Waals surface area contributed by atoms with E-state index >= 15 is 0 Å². The average molecular weight is 390 g/mol. The van der Waals surface area contributed by atoms with Crippen LogP contribution in [0.1, 0.15) is 27.6 Å². The molecule has 0 spiro atoms. The predicted octanol–water partition coefficient (Wildman–Crippen LogP) is 4.60. The van der Waals surface area contributed by atoms with Gasteiger partial charge < -0.3 is 20.1 Å². The lowest BCUT2D eigenvalue weighted by Gasteiger charge is -2.12. The minimum atomic E-state index is -0.326. The molecule has 148 valence electrons. The number of carbonyl (C=O) groups excluding carboxylic acids is 2. The molecule has 3 rings (SSSR count). The Labute approximate surface area is 169 Å². The molecule has 0 unspecified atom stereocenters. The summed E-state index contributed by atoms with van der Waals surface area (Å²) in [6.07, 6.45) is 0. The van der Waals surface area contributed by atoms with Crippen LogP contribution < -0.4 is 20.1 Å². The molecule has 3 aromatic rings. The number of rotatable bonds is 7. The molecule has 29 heavy (non-hydrogen) atoms. The van der Waals surface area contributed by atoms with Gasteiger partial charge in [-0.15, -0.1) is 0 Å². The summed E-state index contributed by atoms with van der Waals surface area (Å²) in [5.41, 5.74) is 1.92. The van der Waals surface area contributed by atoms with Crippen LogP contribution in [0.3, 0.4) is 0 Å². The maximum atomic E-state index is 12.7. The van der Waals surface area contributed by atoms with Crippen LogP contribution in [-0.4, -0.2) is 25.5 Å². The van der Waals surface area contributed by atoms with Crippen LogP contribution in [0.15, 0.2) is 72.8 Å². The van der Waals surface area contributed by atoms with Gasteiger partial charge in [0.25, 0.3) is 11.8 Å². The lowest BCUT2D eigenvalue weighted by Crippen LogP contribution is -2.16. The summed E-state index contributed by atoms with van der Waals surface area (Å²) in [4.78, 5) is 25.3. The maximum absolute atomic E-state index is 12.7. The third-order valence-electron chi connectivity index (χ3n) is 4.15. The molecule has 0 atom stereocenters. The van der Waals surface area contributed by atoms with E-state index in [0.29, 0.717) is 40.6 Å². The van der Waals surface area contributed by atoms with Crippen molar-refractivity contribution in [1.29, 1.82) is 0 Å². The fourth-order valence-electron chi connectivity index (χ4n) is 2.75. The number of para-hydroxylation sites is 2. The molecule has 2 N–H and O–H groups in total. The standard InChI is InChI=1S/C23H22N2O4/c1-3-29-21-13-5-4-12-20(21)25-23(27)17-9-6-8-16(14-17)22(26)24-18-10-7-11-19(15-18)28-2/h4-15H,3H2,1-2H3,(H,24,26)(H,25,27). The molecule has 0 aliphatic carbocycles. The Bertz CT molecular complexity index is 1020. The second-order valence-electron chi connectivity index (χ2n) is 6.15. The van der Waals surface area contributed by atoms with Crippen molar-refractivity contribution in [2.75, 3.05) is 24.4 Å². The number of methoxy groups -OCH3 is 1. The largest absolute Gasteiger partial charge is 0.497 e. The predicted molar refractivity (Wildman–Crippen MR) is 113 cm³/mol. The minimum Gasteiger partial charge on any atom is -0.497 e. The van der Waals surface area contributed by atoms with Crippen LogP contribution in [-0.2, 0) is 0 Å². The quantitative estimate of drug-likeness (QED) is 0.618. The van der Waals surface area contributed by atoms with Crippen LogP contribution >= 0.6 is 0 Å². The SMILES string of the molecule is CCOc1ccccc1NC(=O)c1cccc(C(=O)Nc2cccc(OC)c2)c1. The molecular weight excluding hydrogens is 368 g/mol. The zero-order valence-electron chi connectivity index (χ0n) is 16.3. The average Bonchev–Trinajstić information content (AvgIpc) is 2.75. The van der Waals surface area contributed by atoms with Crippen LogP contribution in [0, 0.1) is 0 Å². The molecule has 3 aromatic carbocycles. The van der Waals surface area contributed by atoms with E-state index in [2.05, 4.69) is 10.6 Å². The van der Waals surface area contributed by atoms with Gasteiger partial charge >= 0.3 is 0 Å². The molecule has 0 saturated carbocycles. The van der Waals surface area contributed by atoms with Gasteiger partial charge in [-0.2, -0.15) is 0 Å². The van der Waals surface area contributed by atoms with Crippen molar-refractivity contribution in [3.63, 3.8) is 0 Å². The molecule has 0 saturated heterocycles. The monoisotopic (exact) mass is 390 g/mol. The first-order valence-electron chi connectivity index (χ1n) is 9.19. The van der Waals surface area contributed by atoms with E-state index in [1.165, 1.54) is 0 Å². The molecule has 6 heteroatoms. The Morgan fingerprint density at radius 2 is 1.52 bits per heavy atom. The molecule has 6 nitrogen and oxygen atoms in total. The number of anilines is 2. The number of ether oxygens (including phenoxy) is 2. The summed E-state index contributed by atoms with van der Waals surface area (Å²) >= 11 is 0. The Morgan fingerprint density at radius 3 is 2.24 bits per heavy atom. The summed E-state index contributed by atoms with van der Waals surface area (Å²) in [5.74, 6) is 0.593. The number of nitrogens with one attached hydrogen (secondary N) is 2. The maximum Gasteiger partial charge on any atom is 0.255 e. The topological polar surface area (TPSA) is 76.7 Å². The summed E-state index contributed by atoms with van der Waals surface area (Å²) in [7, 11) is 1.56. The number of amides is 2. The van der Waals surface area contributed by atoms with Crippen molar-refractivity contribution in [3.8, 4) is 11.5 Å². The molecular formula is C23H22N2O4. The van der Waals surface area contributed by atoms with E-state index in [-0.39, 0.29) is 11.8 Å². The van der Waals surface area contributed by atoms with E-state index < -0.39 is 0 Å². The van der Waals surface area contributed by atoms with Gasteiger partial charge in [0.15, 0.2) is 0 Å². The van der Waals surface area contributed by atoms with E-state index in [1.54, 1.807) is 67.8 Å². The van der Waals surface area contributed by atoms with Crippen LogP contribution in [0.2, 0.25) is 0 Å². The van der Waals surface area contributed by atoms with E-state index in [0.717, 1.165) is 0 Å². The molecule has 0 fully saturated rings. The van der Waals surface area contributed by atoms with Crippen molar-refractivity contribution in [2.45, 2.75) is 6.92 Å². The summed E-state index contributed by atoms with van der Waals surface area (Å²) in [5, 5.41) is 5.63. The highest BCUT2D eigenvalue weighted by molar-refractivity contribution is 6.09. The van der Waals surface area contributed by atoms with Crippen LogP contribution in [0.4, 0.5) is 11.4 Å². The first kappa shape index (κ1) is 19.9. The van der Waals surface area contributed by atoms with Gasteiger partial charge in [-0.1, -0.05) is 24.3 Å². The van der Waals surface area contributed by atoms with E-state index in [4.69, 9.17) is 9.47 Å². The number of carbonyl (C=O) groups is 2. The number of hydrogen-bond acceptors (Lipinski definition) is 4. The second kappa shape index (κ2) is 9.41. The highest BCUT2D eigenvalue weighted by atomic mass is 16.5. The molecule has 0 bridgehead atoms. The molecule has 0 aliphatic rings. The highest BCUT2D eigenvalue weighted by Gasteiger charge is 2.13. The minimum absolute atomic E-state index is 0.317. The van der Waals surface area contributed by atoms with Crippen molar-refractivity contribution in [2.24, 2.45) is 0 Å². The normalized spacial score (nSPS) is 10.1. The van der Waals surface area contributed by atoms with Gasteiger partial charge in [0.05, 0.1) is 19.4 Å². The van der Waals surface area contributed by atoms with Gasteiger partial charge in [-0.3, -0.25) is 9.59 Å². The Kier molecular flexibility index (Phi) is 6.47. The Morgan fingerprint density at radius 1 is 0.828 bits per heavy atom. The van der Waals surface area contributed by atoms with Gasteiger partial charge in [0, 0.05) is 22.9 Å². The molecule has 0 aliphatic heterocycles. The van der Waals surface area contributed by atoms with Crippen molar-refractivity contribution >= 4 is 23.2 Å². The first-order chi connectivity index (χ1) is 14.1. The van der Waals surface area contributed by atoms with Gasteiger partial charge in [-0.25, -0.2) is 0 Å². The lowest BCUT2D eigenvalue weighted by atomic mass is 10.1. The molecule has 0 radical (unpaired) electrons. The zero-order chi connectivity index (χ0) is 20.6. The van der Waals surface area contributed by atoms with E-state index in [1.807, 2.05) is 19.1 Å². The zero-order valence-corrected chi connectivity index (χ0v) is 16.3. The third-order valence-corrected chi connectivity index (χ3v) is 4.15. The molecule has 0 aromatic heterocycles. The molecule has 2 amide bonds. The van der Waals surface area contributed by atoms with Gasteiger partial charge in [0.2, 0.25) is 0 Å². The third kappa shape index (κ3) is 5.13. The van der Waals surface area contributed by atoms with Crippen molar-refractivity contribution < 1.29 is 19.1 Å². The van der Waals surface area contributed by atoms with Gasteiger partial charge in [0.1, 0.15) is 11.5 Å². The summed E-state index contributed by atoms with van der Waals surface area (Å²) in [6, 6.07) is 20.8. The van der Waals surface area contributed by atoms with Crippen molar-refractivity contribution in [1.82, 2.24) is 0 Å². The summed E-state index contributed by atoms with van der Waals surface area (Å²) < 4.78 is 10.7.